The van der Waals surface area contributed by atoms with Crippen molar-refractivity contribution in [2.24, 2.45) is 46.8 Å². The van der Waals surface area contributed by atoms with Crippen molar-refractivity contribution in [3.8, 4) is 0 Å². The Labute approximate surface area is 155 Å². The summed E-state index contributed by atoms with van der Waals surface area (Å²) in [6.07, 6.45) is 6.75. The van der Waals surface area contributed by atoms with Gasteiger partial charge in [0.25, 0.3) is 0 Å². The Morgan fingerprint density at radius 1 is 0.625 bits per heavy atom. The molecule has 0 radical (unpaired) electrons. The molecule has 0 saturated heterocycles. The second-order valence-electron chi connectivity index (χ2n) is 9.94. The van der Waals surface area contributed by atoms with Gasteiger partial charge in [0.1, 0.15) is 0 Å². The van der Waals surface area contributed by atoms with Gasteiger partial charge in [-0.15, -0.1) is 0 Å². The topological polar surface area (TPSA) is 0 Å². The molecule has 0 amide bonds. The van der Waals surface area contributed by atoms with E-state index in [4.69, 9.17) is 0 Å². The van der Waals surface area contributed by atoms with Crippen LogP contribution in [0.5, 0.6) is 0 Å². The highest BCUT2D eigenvalue weighted by Crippen LogP contribution is 2.39. The van der Waals surface area contributed by atoms with Gasteiger partial charge in [-0.25, -0.2) is 0 Å². The predicted octanol–water partition coefficient (Wildman–Crippen LogP) is 8.46. The lowest BCUT2D eigenvalue weighted by molar-refractivity contribution is 0.133. The Bertz CT molecular complexity index is 316. The SMILES string of the molecule is CCC(C)C(C)C(C)C(C)CC(CC)C(C)CC(C)C(C)(C)CC. The Balaban J connectivity index is 4.73. The molecule has 0 spiro atoms. The van der Waals surface area contributed by atoms with Crippen LogP contribution in [0, 0.1) is 46.8 Å². The molecule has 146 valence electrons. The van der Waals surface area contributed by atoms with E-state index < -0.39 is 0 Å². The van der Waals surface area contributed by atoms with E-state index >= 15 is 0 Å². The number of rotatable bonds is 12. The smallest absolute Gasteiger partial charge is 0.0331 e. The largest absolute Gasteiger partial charge is 0.0651 e. The van der Waals surface area contributed by atoms with Gasteiger partial charge < -0.3 is 0 Å². The van der Waals surface area contributed by atoms with E-state index in [9.17, 15) is 0 Å². The third kappa shape index (κ3) is 7.09. The molecule has 0 aliphatic heterocycles. The summed E-state index contributed by atoms with van der Waals surface area (Å²) in [5.41, 5.74) is 0.483. The van der Waals surface area contributed by atoms with Crippen LogP contribution in [-0.2, 0) is 0 Å². The molecule has 0 saturated carbocycles. The van der Waals surface area contributed by atoms with Crippen LogP contribution in [-0.4, -0.2) is 0 Å². The first-order valence-corrected chi connectivity index (χ1v) is 11.0. The summed E-state index contributed by atoms with van der Waals surface area (Å²) in [5, 5.41) is 0. The minimum Gasteiger partial charge on any atom is -0.0651 e. The summed E-state index contributed by atoms with van der Waals surface area (Å²) in [6.45, 7) is 26.9. The highest BCUT2D eigenvalue weighted by Gasteiger charge is 2.30. The molecule has 0 aromatic rings. The highest BCUT2D eigenvalue weighted by atomic mass is 14.4. The summed E-state index contributed by atoms with van der Waals surface area (Å²) >= 11 is 0. The Morgan fingerprint density at radius 3 is 1.54 bits per heavy atom. The lowest BCUT2D eigenvalue weighted by Gasteiger charge is -2.37. The van der Waals surface area contributed by atoms with E-state index in [-0.39, 0.29) is 0 Å². The second kappa shape index (κ2) is 10.9. The van der Waals surface area contributed by atoms with Crippen molar-refractivity contribution in [2.45, 2.75) is 108 Å². The zero-order valence-corrected chi connectivity index (χ0v) is 19.1. The van der Waals surface area contributed by atoms with Gasteiger partial charge in [-0.05, 0) is 59.7 Å². The van der Waals surface area contributed by atoms with E-state index in [1.165, 1.54) is 32.1 Å². The molecule has 24 heavy (non-hydrogen) atoms. The van der Waals surface area contributed by atoms with Crippen molar-refractivity contribution in [1.29, 1.82) is 0 Å². The number of hydrogen-bond acceptors (Lipinski definition) is 0. The average molecular weight is 339 g/mol. The zero-order chi connectivity index (χ0) is 19.1. The van der Waals surface area contributed by atoms with Gasteiger partial charge in [-0.3, -0.25) is 0 Å². The maximum absolute atomic E-state index is 2.52. The van der Waals surface area contributed by atoms with Gasteiger partial charge in [0.05, 0.1) is 0 Å². The minimum absolute atomic E-state index is 0.483. The fraction of sp³-hybridized carbons (Fsp3) is 1.00. The zero-order valence-electron chi connectivity index (χ0n) is 19.1. The van der Waals surface area contributed by atoms with E-state index in [1.807, 2.05) is 0 Å². The molecule has 0 fully saturated rings. The molecule has 0 aliphatic carbocycles. The maximum Gasteiger partial charge on any atom is -0.0331 e. The number of hydrogen-bond donors (Lipinski definition) is 0. The average Bonchev–Trinajstić information content (AvgIpc) is 2.56. The van der Waals surface area contributed by atoms with Gasteiger partial charge in [-0.2, -0.15) is 0 Å². The van der Waals surface area contributed by atoms with E-state index in [0.29, 0.717) is 5.41 Å². The van der Waals surface area contributed by atoms with Crippen LogP contribution in [0.25, 0.3) is 0 Å². The maximum atomic E-state index is 2.52. The molecule has 0 nitrogen and oxygen atoms in total. The second-order valence-corrected chi connectivity index (χ2v) is 9.94. The molecule has 0 heteroatoms. The molecule has 7 unspecified atom stereocenters. The molecule has 0 rings (SSSR count). The highest BCUT2D eigenvalue weighted by molar-refractivity contribution is 4.80. The fourth-order valence-corrected chi connectivity index (χ4v) is 4.32. The molecule has 0 heterocycles. The Morgan fingerprint density at radius 2 is 1.12 bits per heavy atom. The third-order valence-electron chi connectivity index (χ3n) is 8.24. The summed E-state index contributed by atoms with van der Waals surface area (Å²) in [4.78, 5) is 0. The van der Waals surface area contributed by atoms with Crippen molar-refractivity contribution in [2.75, 3.05) is 0 Å². The standard InChI is InChI=1S/C24H50/c1-12-17(4)21(8)22(9)18(5)16-23(13-2)19(6)15-20(7)24(10,11)14-3/h17-23H,12-16H2,1-11H3. The lowest BCUT2D eigenvalue weighted by Crippen LogP contribution is -2.28. The van der Waals surface area contributed by atoms with Gasteiger partial charge in [-0.1, -0.05) is 95.4 Å². The van der Waals surface area contributed by atoms with Crippen molar-refractivity contribution < 1.29 is 0 Å². The molecule has 0 N–H and O–H groups in total. The Kier molecular flexibility index (Phi) is 10.9. The van der Waals surface area contributed by atoms with Crippen LogP contribution in [0.15, 0.2) is 0 Å². The first-order chi connectivity index (χ1) is 11.0. The molecule has 0 bridgehead atoms. The van der Waals surface area contributed by atoms with Crippen molar-refractivity contribution in [3.63, 3.8) is 0 Å². The van der Waals surface area contributed by atoms with Crippen LogP contribution < -0.4 is 0 Å². The predicted molar refractivity (Wildman–Crippen MR) is 112 cm³/mol. The van der Waals surface area contributed by atoms with Crippen LogP contribution in [0.2, 0.25) is 0 Å². The van der Waals surface area contributed by atoms with Crippen LogP contribution >= 0.6 is 0 Å². The minimum atomic E-state index is 0.483. The fourth-order valence-electron chi connectivity index (χ4n) is 4.32. The Hall–Kier alpha value is 0. The van der Waals surface area contributed by atoms with Crippen LogP contribution in [0.1, 0.15) is 108 Å². The van der Waals surface area contributed by atoms with Crippen molar-refractivity contribution >= 4 is 0 Å². The van der Waals surface area contributed by atoms with Gasteiger partial charge in [0.2, 0.25) is 0 Å². The molecule has 0 aliphatic rings. The van der Waals surface area contributed by atoms with Crippen molar-refractivity contribution in [1.82, 2.24) is 0 Å². The van der Waals surface area contributed by atoms with E-state index in [2.05, 4.69) is 76.2 Å². The quantitative estimate of drug-likeness (QED) is 0.335. The van der Waals surface area contributed by atoms with Crippen LogP contribution in [0.4, 0.5) is 0 Å². The normalized spacial score (nSPS) is 21.6. The van der Waals surface area contributed by atoms with E-state index in [1.54, 1.807) is 0 Å². The van der Waals surface area contributed by atoms with E-state index in [0.717, 1.165) is 41.4 Å². The summed E-state index contributed by atoms with van der Waals surface area (Å²) < 4.78 is 0. The lowest BCUT2D eigenvalue weighted by atomic mass is 9.69. The van der Waals surface area contributed by atoms with Gasteiger partial charge in [0, 0.05) is 0 Å². The molecule has 7 atom stereocenters. The third-order valence-corrected chi connectivity index (χ3v) is 8.24. The van der Waals surface area contributed by atoms with Crippen molar-refractivity contribution in [3.05, 3.63) is 0 Å². The summed E-state index contributed by atoms with van der Waals surface area (Å²) in [7, 11) is 0. The first-order valence-electron chi connectivity index (χ1n) is 11.0. The van der Waals surface area contributed by atoms with Gasteiger partial charge >= 0.3 is 0 Å². The first kappa shape index (κ1) is 24.0. The van der Waals surface area contributed by atoms with Gasteiger partial charge in [0.15, 0.2) is 0 Å². The monoisotopic (exact) mass is 338 g/mol. The summed E-state index contributed by atoms with van der Waals surface area (Å²) in [6, 6.07) is 0. The molecule has 0 aromatic carbocycles. The van der Waals surface area contributed by atoms with Crippen LogP contribution in [0.3, 0.4) is 0 Å². The summed E-state index contributed by atoms with van der Waals surface area (Å²) in [5.74, 6) is 5.94. The molecular formula is C24H50. The molecule has 0 aromatic heterocycles. The molecular weight excluding hydrogens is 288 g/mol.